The molecule has 7 nitrogen and oxygen atoms in total. The average molecular weight is 388 g/mol. The Labute approximate surface area is 165 Å². The van der Waals surface area contributed by atoms with Crippen LogP contribution >= 0.6 is 0 Å². The molecule has 1 aliphatic heterocycles. The number of imide groups is 1. The molecule has 2 amide bonds. The fourth-order valence-electron chi connectivity index (χ4n) is 4.52. The second-order valence-electron chi connectivity index (χ2n) is 7.69. The van der Waals surface area contributed by atoms with E-state index in [1.807, 2.05) is 25.3 Å². The van der Waals surface area contributed by atoms with Gasteiger partial charge in [0.25, 0.3) is 0 Å². The highest BCUT2D eigenvalue weighted by Gasteiger charge is 2.47. The molecule has 2 atom stereocenters. The van der Waals surface area contributed by atoms with Crippen LogP contribution in [0.2, 0.25) is 0 Å². The highest BCUT2D eigenvalue weighted by Crippen LogP contribution is 2.37. The monoisotopic (exact) mass is 388 g/mol. The van der Waals surface area contributed by atoms with Crippen molar-refractivity contribution >= 4 is 23.6 Å². The van der Waals surface area contributed by atoms with Crippen molar-refractivity contribution in [2.75, 3.05) is 13.2 Å². The van der Waals surface area contributed by atoms with Gasteiger partial charge in [-0.3, -0.25) is 24.1 Å². The number of esters is 1. The van der Waals surface area contributed by atoms with E-state index in [4.69, 9.17) is 4.74 Å². The number of carbonyl (C=O) groups is 4. The van der Waals surface area contributed by atoms with Crippen LogP contribution < -0.4 is 0 Å². The van der Waals surface area contributed by atoms with E-state index in [9.17, 15) is 19.2 Å². The molecule has 3 rings (SSSR count). The predicted molar refractivity (Wildman–Crippen MR) is 102 cm³/mol. The Morgan fingerprint density at radius 1 is 1.11 bits per heavy atom. The number of carbonyl (C=O) groups excluding carboxylic acids is 4. The van der Waals surface area contributed by atoms with Crippen molar-refractivity contribution in [2.45, 2.75) is 59.4 Å². The zero-order valence-corrected chi connectivity index (χ0v) is 16.8. The van der Waals surface area contributed by atoms with Gasteiger partial charge in [0, 0.05) is 30.0 Å². The average Bonchev–Trinajstić information content (AvgIpc) is 3.11. The second-order valence-corrected chi connectivity index (χ2v) is 7.69. The largest absolute Gasteiger partial charge is 0.457 e. The number of nitrogens with zero attached hydrogens (tertiary/aromatic N) is 2. The van der Waals surface area contributed by atoms with Crippen molar-refractivity contribution in [3.05, 3.63) is 23.0 Å². The summed E-state index contributed by atoms with van der Waals surface area (Å²) in [4.78, 5) is 50.5. The van der Waals surface area contributed by atoms with Crippen LogP contribution in [-0.2, 0) is 25.7 Å². The van der Waals surface area contributed by atoms with E-state index in [-0.39, 0.29) is 49.0 Å². The Morgan fingerprint density at radius 3 is 2.25 bits per heavy atom. The molecule has 1 saturated carbocycles. The number of ether oxygens (including phenoxy) is 1. The number of rotatable bonds is 7. The molecular formula is C21H28N2O5. The molecule has 0 bridgehead atoms. The number of aromatic nitrogens is 1. The molecule has 0 unspecified atom stereocenters. The van der Waals surface area contributed by atoms with E-state index in [1.54, 1.807) is 6.07 Å². The third kappa shape index (κ3) is 3.75. The van der Waals surface area contributed by atoms with Gasteiger partial charge in [0.1, 0.15) is 0 Å². The van der Waals surface area contributed by atoms with Crippen LogP contribution in [0.3, 0.4) is 0 Å². The van der Waals surface area contributed by atoms with Crippen LogP contribution in [0.15, 0.2) is 6.07 Å². The number of ketones is 1. The van der Waals surface area contributed by atoms with Crippen molar-refractivity contribution in [1.82, 2.24) is 9.47 Å². The number of aryl methyl sites for hydroxylation is 1. The minimum Gasteiger partial charge on any atom is -0.457 e. The summed E-state index contributed by atoms with van der Waals surface area (Å²) < 4.78 is 7.12. The molecule has 0 radical (unpaired) electrons. The number of Topliss-reactive ketones (excluding diaryl/α,β-unsaturated/α-hetero) is 1. The van der Waals surface area contributed by atoms with Crippen molar-refractivity contribution < 1.29 is 23.9 Å². The van der Waals surface area contributed by atoms with Gasteiger partial charge in [-0.05, 0) is 39.7 Å². The summed E-state index contributed by atoms with van der Waals surface area (Å²) in [6.45, 7) is 6.27. The quantitative estimate of drug-likeness (QED) is 0.407. The van der Waals surface area contributed by atoms with Crippen LogP contribution in [0.4, 0.5) is 0 Å². The highest BCUT2D eigenvalue weighted by molar-refractivity contribution is 6.05. The fraction of sp³-hybridized carbons (Fsp3) is 0.619. The Bertz CT molecular complexity index is 786. The van der Waals surface area contributed by atoms with Crippen molar-refractivity contribution in [2.24, 2.45) is 11.8 Å². The molecule has 2 aliphatic rings. The summed E-state index contributed by atoms with van der Waals surface area (Å²) in [6.07, 6.45) is 3.35. The van der Waals surface area contributed by atoms with Crippen LogP contribution in [-0.4, -0.2) is 46.2 Å². The van der Waals surface area contributed by atoms with Gasteiger partial charge in [0.15, 0.2) is 6.61 Å². The summed E-state index contributed by atoms with van der Waals surface area (Å²) in [5.41, 5.74) is 2.40. The molecule has 2 heterocycles. The lowest BCUT2D eigenvalue weighted by molar-refractivity contribution is -0.145. The van der Waals surface area contributed by atoms with Gasteiger partial charge in [-0.1, -0.05) is 12.8 Å². The maximum Gasteiger partial charge on any atom is 0.308 e. The molecule has 1 aromatic rings. The van der Waals surface area contributed by atoms with Gasteiger partial charge in [-0.25, -0.2) is 0 Å². The first-order chi connectivity index (χ1) is 13.3. The van der Waals surface area contributed by atoms with Crippen molar-refractivity contribution in [3.63, 3.8) is 0 Å². The Morgan fingerprint density at radius 2 is 1.71 bits per heavy atom. The molecule has 1 aliphatic carbocycles. The SMILES string of the molecule is CCn1c(C)cc(C(=O)COC(=O)CCN2C(=O)[C@H]3CCCC[C@H]3C2=O)c1C. The maximum atomic E-state index is 12.4. The zero-order valence-electron chi connectivity index (χ0n) is 16.8. The Balaban J connectivity index is 1.50. The van der Waals surface area contributed by atoms with Crippen LogP contribution in [0.1, 0.15) is 60.8 Å². The van der Waals surface area contributed by atoms with E-state index in [2.05, 4.69) is 0 Å². The lowest BCUT2D eigenvalue weighted by Crippen LogP contribution is -2.33. The summed E-state index contributed by atoms with van der Waals surface area (Å²) in [5, 5.41) is 0. The summed E-state index contributed by atoms with van der Waals surface area (Å²) >= 11 is 0. The molecule has 0 aromatic carbocycles. The summed E-state index contributed by atoms with van der Waals surface area (Å²) in [5.74, 6) is -1.58. The smallest absolute Gasteiger partial charge is 0.308 e. The minimum absolute atomic E-state index is 0.0298. The number of hydrogen-bond donors (Lipinski definition) is 0. The standard InChI is InChI=1S/C21H28N2O5/c1-4-22-13(2)11-17(14(22)3)18(24)12-28-19(25)9-10-23-20(26)15-7-5-6-8-16(15)21(23)27/h11,15-16H,4-10,12H2,1-3H3/t15-,16+. The first-order valence-corrected chi connectivity index (χ1v) is 10.1. The first kappa shape index (κ1) is 20.3. The zero-order chi connectivity index (χ0) is 20.4. The van der Waals surface area contributed by atoms with E-state index in [0.29, 0.717) is 5.56 Å². The van der Waals surface area contributed by atoms with E-state index in [1.165, 1.54) is 4.90 Å². The lowest BCUT2D eigenvalue weighted by Gasteiger charge is -2.19. The number of amides is 2. The molecule has 2 fully saturated rings. The topological polar surface area (TPSA) is 85.7 Å². The van der Waals surface area contributed by atoms with Gasteiger partial charge in [0.2, 0.25) is 17.6 Å². The van der Waals surface area contributed by atoms with E-state index < -0.39 is 5.97 Å². The van der Waals surface area contributed by atoms with E-state index >= 15 is 0 Å². The predicted octanol–water partition coefficient (Wildman–Crippen LogP) is 2.42. The second kappa shape index (κ2) is 8.29. The van der Waals surface area contributed by atoms with Gasteiger partial charge in [0.05, 0.1) is 18.3 Å². The third-order valence-electron chi connectivity index (χ3n) is 6.03. The van der Waals surface area contributed by atoms with Crippen LogP contribution in [0, 0.1) is 25.7 Å². The minimum atomic E-state index is -0.576. The molecule has 0 spiro atoms. The van der Waals surface area contributed by atoms with Crippen molar-refractivity contribution in [3.8, 4) is 0 Å². The summed E-state index contributed by atoms with van der Waals surface area (Å²) in [6, 6.07) is 1.80. The number of likely N-dealkylation sites (tertiary alicyclic amines) is 1. The normalized spacial score (nSPS) is 21.8. The molecule has 1 aromatic heterocycles. The van der Waals surface area contributed by atoms with Gasteiger partial charge < -0.3 is 9.30 Å². The Kier molecular flexibility index (Phi) is 6.01. The maximum absolute atomic E-state index is 12.4. The first-order valence-electron chi connectivity index (χ1n) is 10.1. The highest BCUT2D eigenvalue weighted by atomic mass is 16.5. The molecule has 28 heavy (non-hydrogen) atoms. The summed E-state index contributed by atoms with van der Waals surface area (Å²) in [7, 11) is 0. The lowest BCUT2D eigenvalue weighted by atomic mass is 9.81. The van der Waals surface area contributed by atoms with Gasteiger partial charge in [-0.2, -0.15) is 0 Å². The molecular weight excluding hydrogens is 360 g/mol. The Hall–Kier alpha value is -2.44. The van der Waals surface area contributed by atoms with Crippen LogP contribution in [0.5, 0.6) is 0 Å². The molecule has 7 heteroatoms. The number of hydrogen-bond acceptors (Lipinski definition) is 5. The molecule has 0 N–H and O–H groups in total. The van der Waals surface area contributed by atoms with E-state index in [0.717, 1.165) is 43.6 Å². The van der Waals surface area contributed by atoms with Gasteiger partial charge in [-0.15, -0.1) is 0 Å². The van der Waals surface area contributed by atoms with Crippen molar-refractivity contribution in [1.29, 1.82) is 0 Å². The third-order valence-corrected chi connectivity index (χ3v) is 6.03. The number of fused-ring (bicyclic) bond motifs is 1. The fourth-order valence-corrected chi connectivity index (χ4v) is 4.52. The molecule has 1 saturated heterocycles. The van der Waals surface area contributed by atoms with Crippen LogP contribution in [0.25, 0.3) is 0 Å². The molecule has 152 valence electrons. The van der Waals surface area contributed by atoms with Gasteiger partial charge >= 0.3 is 5.97 Å².